The first-order valence-electron chi connectivity index (χ1n) is 29.3. The first-order chi connectivity index (χ1) is 44.9. The van der Waals surface area contributed by atoms with Gasteiger partial charge >= 0.3 is 0 Å². The molecule has 4 aromatic carbocycles. The fraction of sp³-hybridized carbons (Fsp3) is 0.355. The van der Waals surface area contributed by atoms with Crippen LogP contribution in [0.3, 0.4) is 0 Å². The smallest absolute Gasteiger partial charge is 0.253 e. The Morgan fingerprint density at radius 1 is 0.489 bits per heavy atom. The zero-order chi connectivity index (χ0) is 65.3. The molecule has 0 spiro atoms. The van der Waals surface area contributed by atoms with E-state index in [2.05, 4.69) is 62.9 Å². The average Bonchev–Trinajstić information content (AvgIpc) is 1.49. The van der Waals surface area contributed by atoms with Crippen LogP contribution >= 0.6 is 0 Å². The zero-order valence-corrected chi connectivity index (χ0v) is 50.2. The lowest BCUT2D eigenvalue weighted by Crippen LogP contribution is -2.37. The number of ether oxygens (including phenoxy) is 4. The van der Waals surface area contributed by atoms with E-state index in [0.29, 0.717) is 97.0 Å². The second kappa shape index (κ2) is 37.1. The van der Waals surface area contributed by atoms with Crippen LogP contribution in [0.5, 0.6) is 0 Å². The Bertz CT molecular complexity index is 3690. The van der Waals surface area contributed by atoms with E-state index in [-0.39, 0.29) is 82.0 Å². The number of carbonyl (C=O) groups is 8. The minimum Gasteiger partial charge on any atom is -0.379 e. The van der Waals surface area contributed by atoms with Gasteiger partial charge in [0.1, 0.15) is 5.69 Å². The summed E-state index contributed by atoms with van der Waals surface area (Å²) in [6, 6.07) is 30.5. The number of rotatable bonds is 30. The summed E-state index contributed by atoms with van der Waals surface area (Å²) in [5.41, 5.74) is 32.2. The van der Waals surface area contributed by atoms with Crippen LogP contribution in [0.2, 0.25) is 0 Å². The highest BCUT2D eigenvalue weighted by molar-refractivity contribution is 6.13. The molecule has 0 atom stereocenters. The molecule has 5 aromatic rings. The third-order valence-corrected chi connectivity index (χ3v) is 13.9. The number of aromatic nitrogens is 3. The number of fused-ring (bicyclic) bond motifs is 7. The zero-order valence-electron chi connectivity index (χ0n) is 50.2. The van der Waals surface area contributed by atoms with Crippen molar-refractivity contribution in [3.63, 3.8) is 0 Å². The van der Waals surface area contributed by atoms with Gasteiger partial charge in [-0.3, -0.25) is 48.2 Å². The fourth-order valence-corrected chi connectivity index (χ4v) is 9.44. The number of hydrogen-bond donors (Lipinski definition) is 2. The molecular weight excluding hydrogens is 1190 g/mol. The topological polar surface area (TPSA) is 387 Å². The van der Waals surface area contributed by atoms with Crippen LogP contribution in [0.15, 0.2) is 137 Å². The first kappa shape index (κ1) is 68.5. The molecule has 0 saturated carbocycles. The molecule has 30 nitrogen and oxygen atoms in total. The fourth-order valence-electron chi connectivity index (χ4n) is 9.44. The van der Waals surface area contributed by atoms with Crippen molar-refractivity contribution in [3.8, 4) is 34.4 Å². The molecule has 0 aliphatic carbocycles. The number of azide groups is 3. The summed E-state index contributed by atoms with van der Waals surface area (Å²) < 4.78 is 23.0. The lowest BCUT2D eigenvalue weighted by molar-refractivity contribution is -0.139. The third-order valence-electron chi connectivity index (χ3n) is 13.9. The van der Waals surface area contributed by atoms with Crippen molar-refractivity contribution in [1.29, 1.82) is 0 Å². The largest absolute Gasteiger partial charge is 0.379 e. The van der Waals surface area contributed by atoms with Gasteiger partial charge in [0, 0.05) is 133 Å². The minimum absolute atomic E-state index is 0.0110. The highest BCUT2D eigenvalue weighted by atomic mass is 16.5. The average molecular weight is 1260 g/mol. The van der Waals surface area contributed by atoms with Crippen molar-refractivity contribution in [2.24, 2.45) is 15.3 Å². The molecule has 0 fully saturated rings. The first-order valence-corrected chi connectivity index (χ1v) is 29.3. The molecule has 1 aromatic heterocycles. The van der Waals surface area contributed by atoms with Crippen LogP contribution in [-0.4, -0.2) is 171 Å². The van der Waals surface area contributed by atoms with E-state index in [1.165, 1.54) is 24.3 Å². The predicted molar refractivity (Wildman–Crippen MR) is 334 cm³/mol. The Labute approximate surface area is 527 Å². The number of anilines is 2. The van der Waals surface area contributed by atoms with E-state index in [0.717, 1.165) is 54.6 Å². The molecule has 0 bridgehead atoms. The molecule has 0 radical (unpaired) electrons. The highest BCUT2D eigenvalue weighted by Gasteiger charge is 2.30. The van der Waals surface area contributed by atoms with Gasteiger partial charge in [-0.15, -0.1) is 5.10 Å². The second-order valence-corrected chi connectivity index (χ2v) is 19.9. The van der Waals surface area contributed by atoms with Crippen LogP contribution < -0.4 is 20.4 Å². The van der Waals surface area contributed by atoms with Gasteiger partial charge in [-0.25, -0.2) is 4.68 Å². The molecule has 92 heavy (non-hydrogen) atoms. The maximum atomic E-state index is 13.7. The van der Waals surface area contributed by atoms with Crippen molar-refractivity contribution in [2.75, 3.05) is 108 Å². The van der Waals surface area contributed by atoms with Gasteiger partial charge in [0.25, 0.3) is 23.6 Å². The van der Waals surface area contributed by atoms with Gasteiger partial charge in [0.2, 0.25) is 23.6 Å². The Morgan fingerprint density at radius 2 is 0.913 bits per heavy atom. The molecule has 5 heterocycles. The Kier molecular flexibility index (Phi) is 27.6. The number of carbonyl (C=O) groups excluding carboxylic acids is 8. The quantitative estimate of drug-likeness (QED) is 0.0133. The number of nitrogens with zero attached hydrogens (tertiary/aromatic N) is 16. The number of benzene rings is 4. The SMILES string of the molecule is O=C(CCN1C(=O)C=CC1=O)NCCC(=O)N1Cc2ccccc2C#Cc2ccccc21.[N-]=[N+]=NCCOCCOCCN=[N+]=[N-].[N-]=[N+]=NCCOCCOCCn1nnc2c1-c1ccccc1CN(C(=O)CCNC(=O)CCN1C(=O)C=CC1=O)c1ccccc1-2. The van der Waals surface area contributed by atoms with E-state index in [1.807, 2.05) is 97.1 Å². The van der Waals surface area contributed by atoms with Crippen LogP contribution in [-0.2, 0) is 76.9 Å². The molecule has 4 aliphatic rings. The van der Waals surface area contributed by atoms with Crippen molar-refractivity contribution in [1.82, 2.24) is 35.4 Å². The summed E-state index contributed by atoms with van der Waals surface area (Å²) in [6.45, 7) is 5.41. The summed E-state index contributed by atoms with van der Waals surface area (Å²) in [4.78, 5) is 111. The van der Waals surface area contributed by atoms with E-state index in [9.17, 15) is 38.4 Å². The van der Waals surface area contributed by atoms with Crippen LogP contribution in [0.4, 0.5) is 11.4 Å². The second-order valence-electron chi connectivity index (χ2n) is 19.9. The summed E-state index contributed by atoms with van der Waals surface area (Å²) >= 11 is 0. The van der Waals surface area contributed by atoms with Gasteiger partial charge in [0.15, 0.2) is 0 Å². The van der Waals surface area contributed by atoms with Crippen molar-refractivity contribution < 1.29 is 57.3 Å². The number of hydrogen-bond acceptors (Lipinski definition) is 17. The Balaban J connectivity index is 0.000000225. The summed E-state index contributed by atoms with van der Waals surface area (Å²) in [5, 5.41) is 24.4. The molecule has 0 unspecified atom stereocenters. The van der Waals surface area contributed by atoms with Gasteiger partial charge in [-0.1, -0.05) is 105 Å². The molecule has 8 amide bonds. The maximum absolute atomic E-state index is 13.7. The Hall–Kier alpha value is -11.0. The summed E-state index contributed by atoms with van der Waals surface area (Å²) in [6.07, 6.45) is 4.80. The summed E-state index contributed by atoms with van der Waals surface area (Å²) in [5.74, 6) is 3.60. The number of amides is 8. The predicted octanol–water partition coefficient (Wildman–Crippen LogP) is 6.02. The van der Waals surface area contributed by atoms with E-state index < -0.39 is 23.6 Å². The lowest BCUT2D eigenvalue weighted by atomic mass is 9.95. The van der Waals surface area contributed by atoms with E-state index >= 15 is 0 Å². The standard InChI is InChI=1S/C31H33N9O6.C25H21N3O4.C6H12N6O2/c32-36-34-14-17-45-19-20-46-18-16-40-31-23-6-2-1-5-22(23)21-39(25-8-4-3-7-24(25)30(31)35-37-40)29(44)11-13-33-26(41)12-15-38-27(42)9-10-28(38)43;29-22(14-16-27-23(30)11-12-24(27)31)26-15-13-25(32)28-17-20-7-2-1-5-18(20)9-10-19-6-3-4-8-21(19)28;7-11-9-1-3-13-5-6-14-4-2-10-12-8/h1-10H,11-21H2,(H,33,41);1-8,11-12H,13-17H2,(H,26,29);1-6H2. The molecule has 2 N–H and O–H groups in total. The molecule has 0 saturated heterocycles. The van der Waals surface area contributed by atoms with Crippen LogP contribution in [0, 0.1) is 11.8 Å². The number of nitrogens with one attached hydrogen (secondary N) is 2. The molecular formula is C62H66N18O12. The van der Waals surface area contributed by atoms with Gasteiger partial charge < -0.3 is 39.4 Å². The van der Waals surface area contributed by atoms with Crippen LogP contribution in [0.25, 0.3) is 53.8 Å². The molecule has 4 aliphatic heterocycles. The minimum atomic E-state index is -0.442. The monoisotopic (exact) mass is 1250 g/mol. The Morgan fingerprint density at radius 3 is 1.45 bits per heavy atom. The van der Waals surface area contributed by atoms with Crippen molar-refractivity contribution >= 4 is 58.6 Å². The number of para-hydroxylation sites is 2. The maximum Gasteiger partial charge on any atom is 0.253 e. The van der Waals surface area contributed by atoms with Gasteiger partial charge in [0.05, 0.1) is 89.6 Å². The number of imide groups is 2. The third kappa shape index (κ3) is 20.5. The molecule has 30 heteroatoms. The van der Waals surface area contributed by atoms with Gasteiger partial charge in [-0.05, 0) is 52.0 Å². The summed E-state index contributed by atoms with van der Waals surface area (Å²) in [7, 11) is 0. The van der Waals surface area contributed by atoms with Crippen LogP contribution in [0.1, 0.15) is 47.9 Å². The van der Waals surface area contributed by atoms with Gasteiger partial charge in [-0.2, -0.15) is 0 Å². The molecule has 9 rings (SSSR count). The lowest BCUT2D eigenvalue weighted by Gasteiger charge is -2.28. The van der Waals surface area contributed by atoms with Crippen molar-refractivity contribution in [2.45, 2.75) is 45.3 Å². The highest BCUT2D eigenvalue weighted by Crippen LogP contribution is 2.41. The molecule has 476 valence electrons. The van der Waals surface area contributed by atoms with E-state index in [4.69, 9.17) is 35.5 Å². The van der Waals surface area contributed by atoms with E-state index in [1.54, 1.807) is 14.5 Å². The normalized spacial score (nSPS) is 13.0. The van der Waals surface area contributed by atoms with Crippen molar-refractivity contribution in [3.05, 3.63) is 175 Å².